The van der Waals surface area contributed by atoms with E-state index in [9.17, 15) is 4.79 Å². The SMILES string of the molecule is COc1ccc(C(=O)C[N+]2=C(N)c3ccccc3C2)cc1OC.[Br-]. The number of ketones is 1. The summed E-state index contributed by atoms with van der Waals surface area (Å²) in [5, 5.41) is 0. The Morgan fingerprint density at radius 2 is 1.83 bits per heavy atom. The van der Waals surface area contributed by atoms with E-state index in [-0.39, 0.29) is 29.3 Å². The molecule has 1 heterocycles. The van der Waals surface area contributed by atoms with Crippen LogP contribution in [0.3, 0.4) is 0 Å². The van der Waals surface area contributed by atoms with Crippen LogP contribution in [0.1, 0.15) is 21.5 Å². The molecule has 0 saturated carbocycles. The van der Waals surface area contributed by atoms with E-state index in [4.69, 9.17) is 15.2 Å². The molecule has 0 unspecified atom stereocenters. The summed E-state index contributed by atoms with van der Waals surface area (Å²) >= 11 is 0. The molecule has 0 bridgehead atoms. The average molecular weight is 391 g/mol. The van der Waals surface area contributed by atoms with Crippen molar-refractivity contribution in [3.63, 3.8) is 0 Å². The van der Waals surface area contributed by atoms with Crippen molar-refractivity contribution in [3.8, 4) is 11.5 Å². The Bertz CT molecular complexity index is 803. The molecule has 24 heavy (non-hydrogen) atoms. The lowest BCUT2D eigenvalue weighted by molar-refractivity contribution is -0.526. The number of benzene rings is 2. The molecule has 1 aliphatic rings. The van der Waals surface area contributed by atoms with E-state index in [2.05, 4.69) is 0 Å². The lowest BCUT2D eigenvalue weighted by atomic mass is 10.1. The second-order valence-corrected chi connectivity index (χ2v) is 5.39. The number of Topliss-reactive ketones (excluding diaryl/α,β-unsaturated/α-hetero) is 1. The fourth-order valence-corrected chi connectivity index (χ4v) is 2.78. The molecule has 0 aliphatic carbocycles. The molecule has 0 atom stereocenters. The molecule has 6 heteroatoms. The van der Waals surface area contributed by atoms with Gasteiger partial charge in [0.1, 0.15) is 13.1 Å². The van der Waals surface area contributed by atoms with Crippen LogP contribution in [0.2, 0.25) is 0 Å². The van der Waals surface area contributed by atoms with Crippen molar-refractivity contribution in [1.29, 1.82) is 0 Å². The van der Waals surface area contributed by atoms with E-state index in [0.29, 0.717) is 29.4 Å². The quantitative estimate of drug-likeness (QED) is 0.515. The van der Waals surface area contributed by atoms with Gasteiger partial charge in [0.2, 0.25) is 5.78 Å². The Hall–Kier alpha value is -2.34. The first-order valence-corrected chi connectivity index (χ1v) is 7.35. The second-order valence-electron chi connectivity index (χ2n) is 5.39. The molecule has 2 N–H and O–H groups in total. The fraction of sp³-hybridized carbons (Fsp3) is 0.222. The maximum Gasteiger partial charge on any atom is 0.276 e. The standard InChI is InChI=1S/C18H18N2O3.BrH/c1-22-16-8-7-12(9-17(16)23-2)15(21)11-20-10-13-5-3-4-6-14(13)18(20)19;/h3-9,19H,10-11H2,1-2H3;1H. The number of rotatable bonds is 5. The predicted octanol–water partition coefficient (Wildman–Crippen LogP) is -1.18. The maximum absolute atomic E-state index is 12.6. The molecule has 0 aromatic heterocycles. The second kappa shape index (κ2) is 7.49. The number of halogens is 1. The number of methoxy groups -OCH3 is 2. The summed E-state index contributed by atoms with van der Waals surface area (Å²) in [6, 6.07) is 13.1. The van der Waals surface area contributed by atoms with Gasteiger partial charge in [-0.3, -0.25) is 10.5 Å². The Kier molecular flexibility index (Phi) is 5.62. The van der Waals surface area contributed by atoms with Gasteiger partial charge in [-0.1, -0.05) is 18.2 Å². The van der Waals surface area contributed by atoms with Crippen LogP contribution in [0.4, 0.5) is 0 Å². The lowest BCUT2D eigenvalue weighted by Crippen LogP contribution is -3.00. The molecule has 2 aromatic carbocycles. The first-order valence-electron chi connectivity index (χ1n) is 7.35. The first kappa shape index (κ1) is 18.0. The summed E-state index contributed by atoms with van der Waals surface area (Å²) in [5.41, 5.74) is 8.89. The average Bonchev–Trinajstić information content (AvgIpc) is 2.90. The summed E-state index contributed by atoms with van der Waals surface area (Å²) in [4.78, 5) is 12.6. The molecule has 126 valence electrons. The first-order chi connectivity index (χ1) is 11.1. The van der Waals surface area contributed by atoms with Crippen molar-refractivity contribution in [3.05, 3.63) is 59.2 Å². The monoisotopic (exact) mass is 390 g/mol. The Balaban J connectivity index is 0.00000208. The Morgan fingerprint density at radius 3 is 2.50 bits per heavy atom. The number of fused-ring (bicyclic) bond motifs is 1. The van der Waals surface area contributed by atoms with Gasteiger partial charge in [-0.15, -0.1) is 0 Å². The molecule has 3 rings (SSSR count). The highest BCUT2D eigenvalue weighted by molar-refractivity contribution is 6.00. The van der Waals surface area contributed by atoms with Crippen molar-refractivity contribution in [2.75, 3.05) is 20.8 Å². The fourth-order valence-electron chi connectivity index (χ4n) is 2.78. The minimum atomic E-state index is -0.0123. The molecule has 0 radical (unpaired) electrons. The number of ether oxygens (including phenoxy) is 2. The van der Waals surface area contributed by atoms with Crippen molar-refractivity contribution >= 4 is 11.6 Å². The van der Waals surface area contributed by atoms with Crippen LogP contribution in [0.15, 0.2) is 42.5 Å². The van der Waals surface area contributed by atoms with Gasteiger partial charge in [0, 0.05) is 11.1 Å². The topological polar surface area (TPSA) is 64.6 Å². The molecule has 0 fully saturated rings. The summed E-state index contributed by atoms with van der Waals surface area (Å²) < 4.78 is 12.3. The molecule has 0 amide bonds. The number of amidine groups is 1. The number of carbonyl (C=O) groups excluding carboxylic acids is 1. The summed E-state index contributed by atoms with van der Waals surface area (Å²) in [6.45, 7) is 0.886. The van der Waals surface area contributed by atoms with Crippen LogP contribution < -0.4 is 32.2 Å². The Labute approximate surface area is 151 Å². The van der Waals surface area contributed by atoms with Crippen LogP contribution in [-0.4, -0.2) is 37.0 Å². The minimum absolute atomic E-state index is 0. The maximum atomic E-state index is 12.6. The minimum Gasteiger partial charge on any atom is -1.00 e. The van der Waals surface area contributed by atoms with Crippen molar-refractivity contribution in [2.45, 2.75) is 6.54 Å². The number of carbonyl (C=O) groups is 1. The smallest absolute Gasteiger partial charge is 0.276 e. The normalized spacial score (nSPS) is 12.4. The van der Waals surface area contributed by atoms with E-state index >= 15 is 0 Å². The molecular formula is C18H19BrN2O3. The highest BCUT2D eigenvalue weighted by Crippen LogP contribution is 2.28. The highest BCUT2D eigenvalue weighted by atomic mass is 79.9. The van der Waals surface area contributed by atoms with Crippen LogP contribution in [-0.2, 0) is 6.54 Å². The largest absolute Gasteiger partial charge is 1.00 e. The summed E-state index contributed by atoms with van der Waals surface area (Å²) in [6.07, 6.45) is 0. The van der Waals surface area contributed by atoms with Gasteiger partial charge in [0.25, 0.3) is 5.84 Å². The van der Waals surface area contributed by atoms with Crippen molar-refractivity contribution in [2.24, 2.45) is 5.73 Å². The molecule has 5 nitrogen and oxygen atoms in total. The van der Waals surface area contributed by atoms with Crippen LogP contribution >= 0.6 is 0 Å². The van der Waals surface area contributed by atoms with Gasteiger partial charge in [0.15, 0.2) is 11.5 Å². The zero-order valence-corrected chi connectivity index (χ0v) is 15.2. The Morgan fingerprint density at radius 1 is 1.12 bits per heavy atom. The van der Waals surface area contributed by atoms with Gasteiger partial charge in [-0.2, -0.15) is 0 Å². The van der Waals surface area contributed by atoms with E-state index < -0.39 is 0 Å². The van der Waals surface area contributed by atoms with Crippen LogP contribution in [0, 0.1) is 0 Å². The van der Waals surface area contributed by atoms with E-state index in [1.165, 1.54) is 0 Å². The lowest BCUT2D eigenvalue weighted by Gasteiger charge is -2.09. The third kappa shape index (κ3) is 3.28. The number of hydrogen-bond donors (Lipinski definition) is 1. The predicted molar refractivity (Wildman–Crippen MR) is 87.4 cm³/mol. The van der Waals surface area contributed by atoms with Gasteiger partial charge in [-0.05, 0) is 24.3 Å². The van der Waals surface area contributed by atoms with Gasteiger partial charge in [0.05, 0.1) is 19.8 Å². The summed E-state index contributed by atoms with van der Waals surface area (Å²) in [5.74, 6) is 1.78. The summed E-state index contributed by atoms with van der Waals surface area (Å²) in [7, 11) is 3.12. The van der Waals surface area contributed by atoms with Crippen LogP contribution in [0.25, 0.3) is 0 Å². The zero-order chi connectivity index (χ0) is 16.4. The molecule has 0 spiro atoms. The van der Waals surface area contributed by atoms with Crippen molar-refractivity contribution < 1.29 is 35.8 Å². The van der Waals surface area contributed by atoms with Crippen LogP contribution in [0.5, 0.6) is 11.5 Å². The zero-order valence-electron chi connectivity index (χ0n) is 13.6. The molecule has 0 saturated heterocycles. The van der Waals surface area contributed by atoms with Crippen molar-refractivity contribution in [1.82, 2.24) is 0 Å². The molecule has 2 aromatic rings. The van der Waals surface area contributed by atoms with Gasteiger partial charge < -0.3 is 26.5 Å². The van der Waals surface area contributed by atoms with E-state index in [1.54, 1.807) is 32.4 Å². The third-order valence-corrected chi connectivity index (χ3v) is 4.04. The number of nitrogens with two attached hydrogens (primary N) is 1. The van der Waals surface area contributed by atoms with E-state index in [0.717, 1.165) is 11.1 Å². The molecule has 1 aliphatic heterocycles. The third-order valence-electron chi connectivity index (χ3n) is 4.04. The number of hydrogen-bond acceptors (Lipinski definition) is 4. The van der Waals surface area contributed by atoms with Gasteiger partial charge >= 0.3 is 0 Å². The van der Waals surface area contributed by atoms with E-state index in [1.807, 2.05) is 28.8 Å². The molecular weight excluding hydrogens is 372 g/mol. The highest BCUT2D eigenvalue weighted by Gasteiger charge is 2.26. The van der Waals surface area contributed by atoms with Gasteiger partial charge in [-0.25, -0.2) is 4.58 Å². The number of nitrogens with zero attached hydrogens (tertiary/aromatic N) is 1.